The second kappa shape index (κ2) is 6.99. The first-order chi connectivity index (χ1) is 16.6. The van der Waals surface area contributed by atoms with Crippen LogP contribution in [0.2, 0.25) is 0 Å². The topological polar surface area (TPSA) is 6.48 Å². The molecule has 5 aliphatic rings. The van der Waals surface area contributed by atoms with E-state index in [1.165, 1.54) is 33.9 Å². The van der Waals surface area contributed by atoms with Gasteiger partial charge in [-0.3, -0.25) is 0 Å². The largest absolute Gasteiger partial charge is 0.334 e. The van der Waals surface area contributed by atoms with Gasteiger partial charge < -0.3 is 9.80 Å². The Labute approximate surface area is 202 Å². The first-order valence-electron chi connectivity index (χ1n) is 12.5. The summed E-state index contributed by atoms with van der Waals surface area (Å²) in [6.45, 7) is 4.77. The number of anilines is 3. The Hall–Kier alpha value is -3.52. The fourth-order valence-corrected chi connectivity index (χ4v) is 7.03. The van der Waals surface area contributed by atoms with E-state index in [-0.39, 0.29) is 11.1 Å². The fourth-order valence-electron chi connectivity index (χ4n) is 7.03. The van der Waals surface area contributed by atoms with Gasteiger partial charge in [0.1, 0.15) is 0 Å². The first-order valence-corrected chi connectivity index (χ1v) is 12.5. The van der Waals surface area contributed by atoms with Crippen LogP contribution >= 0.6 is 0 Å². The molecule has 2 aromatic rings. The molecule has 0 radical (unpaired) electrons. The highest BCUT2D eigenvalue weighted by Gasteiger charge is 2.49. The van der Waals surface area contributed by atoms with Gasteiger partial charge in [-0.15, -0.1) is 0 Å². The van der Waals surface area contributed by atoms with Crippen molar-refractivity contribution in [2.75, 3.05) is 9.80 Å². The summed E-state index contributed by atoms with van der Waals surface area (Å²) >= 11 is 0. The summed E-state index contributed by atoms with van der Waals surface area (Å²) in [5.41, 5.74) is 8.04. The number of hydrogen-bond acceptors (Lipinski definition) is 2. The molecular formula is C32H30N2. The van der Waals surface area contributed by atoms with Gasteiger partial charge >= 0.3 is 0 Å². The average molecular weight is 443 g/mol. The second-order valence-corrected chi connectivity index (χ2v) is 10.5. The van der Waals surface area contributed by atoms with E-state index in [9.17, 15) is 0 Å². The lowest BCUT2D eigenvalue weighted by molar-refractivity contribution is 0.495. The van der Waals surface area contributed by atoms with Crippen molar-refractivity contribution in [3.05, 3.63) is 126 Å². The molecule has 2 aromatic carbocycles. The lowest BCUT2D eigenvalue weighted by Gasteiger charge is -2.42. The van der Waals surface area contributed by atoms with Gasteiger partial charge in [0.25, 0.3) is 0 Å². The molecule has 34 heavy (non-hydrogen) atoms. The van der Waals surface area contributed by atoms with Crippen molar-refractivity contribution in [3.8, 4) is 0 Å². The van der Waals surface area contributed by atoms with Gasteiger partial charge in [0.05, 0.1) is 11.1 Å². The minimum Gasteiger partial charge on any atom is -0.334 e. The van der Waals surface area contributed by atoms with Crippen LogP contribution in [0.25, 0.3) is 0 Å². The molecule has 0 amide bonds. The van der Waals surface area contributed by atoms with Gasteiger partial charge in [-0.2, -0.15) is 0 Å². The quantitative estimate of drug-likeness (QED) is 0.469. The molecule has 4 atom stereocenters. The number of para-hydroxylation sites is 1. The van der Waals surface area contributed by atoms with E-state index >= 15 is 0 Å². The molecule has 0 saturated heterocycles. The van der Waals surface area contributed by atoms with Crippen LogP contribution < -0.4 is 9.80 Å². The van der Waals surface area contributed by atoms with E-state index in [0.717, 1.165) is 12.8 Å². The van der Waals surface area contributed by atoms with E-state index in [1.54, 1.807) is 0 Å². The van der Waals surface area contributed by atoms with Crippen LogP contribution in [0.1, 0.15) is 38.2 Å². The van der Waals surface area contributed by atoms with Crippen molar-refractivity contribution in [2.45, 2.75) is 43.7 Å². The number of benzene rings is 2. The van der Waals surface area contributed by atoms with Crippen LogP contribution in [0, 0.1) is 5.92 Å². The molecule has 3 aliphatic carbocycles. The maximum Gasteiger partial charge on any atom is 0.0712 e. The minimum absolute atomic E-state index is 0.0739. The zero-order chi connectivity index (χ0) is 22.9. The van der Waals surface area contributed by atoms with Gasteiger partial charge in [0, 0.05) is 34.6 Å². The smallest absolute Gasteiger partial charge is 0.0712 e. The highest BCUT2D eigenvalue weighted by molar-refractivity contribution is 5.80. The van der Waals surface area contributed by atoms with Crippen molar-refractivity contribution in [1.29, 1.82) is 0 Å². The third-order valence-corrected chi connectivity index (χ3v) is 8.56. The van der Waals surface area contributed by atoms with Gasteiger partial charge in [0.2, 0.25) is 0 Å². The van der Waals surface area contributed by atoms with E-state index < -0.39 is 0 Å². The SMILES string of the molecule is CC12C=CC=CC1C1=C(CCC=C1)N2c1cccc(N2c3ccccc3C3C=CC=CC32C)c1. The average Bonchev–Trinajstić information content (AvgIpc) is 3.29. The van der Waals surface area contributed by atoms with E-state index in [4.69, 9.17) is 0 Å². The number of nitrogens with zero attached hydrogens (tertiary/aromatic N) is 2. The summed E-state index contributed by atoms with van der Waals surface area (Å²) in [7, 11) is 0. The molecule has 0 N–H and O–H groups in total. The summed E-state index contributed by atoms with van der Waals surface area (Å²) in [6, 6.07) is 18.1. The third-order valence-electron chi connectivity index (χ3n) is 8.56. The standard InChI is InChI=1S/C32H30N2/c1-31-20-9-7-16-27(31)25-14-3-5-18-29(25)33(31)23-12-11-13-24(22-23)34-30-19-6-4-15-26(30)28-17-8-10-21-32(28,34)2/h3-5,7-18,20-22,27-28H,6,19H2,1-2H3. The van der Waals surface area contributed by atoms with Crippen molar-refractivity contribution in [2.24, 2.45) is 5.92 Å². The highest BCUT2D eigenvalue weighted by Crippen LogP contribution is 2.55. The normalized spacial score (nSPS) is 32.2. The predicted molar refractivity (Wildman–Crippen MR) is 143 cm³/mol. The number of rotatable bonds is 2. The van der Waals surface area contributed by atoms with Crippen molar-refractivity contribution >= 4 is 17.1 Å². The van der Waals surface area contributed by atoms with Gasteiger partial charge in [-0.1, -0.05) is 85.0 Å². The van der Waals surface area contributed by atoms with Crippen LogP contribution in [0.3, 0.4) is 0 Å². The Kier molecular flexibility index (Phi) is 4.09. The molecule has 2 aliphatic heterocycles. The molecule has 0 fully saturated rings. The summed E-state index contributed by atoms with van der Waals surface area (Å²) in [5.74, 6) is 0.753. The van der Waals surface area contributed by atoms with Crippen LogP contribution in [0.5, 0.6) is 0 Å². The molecule has 7 rings (SSSR count). The first kappa shape index (κ1) is 19.9. The molecule has 2 heterocycles. The summed E-state index contributed by atoms with van der Waals surface area (Å²) in [4.78, 5) is 5.18. The molecule has 0 aromatic heterocycles. The number of allylic oxidation sites excluding steroid dienone is 7. The summed E-state index contributed by atoms with van der Waals surface area (Å²) < 4.78 is 0. The zero-order valence-corrected chi connectivity index (χ0v) is 19.9. The van der Waals surface area contributed by atoms with Gasteiger partial charge in [-0.25, -0.2) is 0 Å². The van der Waals surface area contributed by atoms with Crippen LogP contribution in [-0.4, -0.2) is 11.1 Å². The van der Waals surface area contributed by atoms with Gasteiger partial charge in [-0.05, 0) is 62.1 Å². The van der Waals surface area contributed by atoms with Crippen LogP contribution in [0.15, 0.2) is 121 Å². The fraction of sp³-hybridized carbons (Fsp3) is 0.250. The van der Waals surface area contributed by atoms with E-state index in [0.29, 0.717) is 11.8 Å². The maximum atomic E-state index is 2.62. The molecule has 4 unspecified atom stereocenters. The Balaban J connectivity index is 1.38. The van der Waals surface area contributed by atoms with Crippen molar-refractivity contribution in [1.82, 2.24) is 0 Å². The van der Waals surface area contributed by atoms with E-state index in [2.05, 4.69) is 133 Å². The number of fused-ring (bicyclic) bond motifs is 5. The lowest BCUT2D eigenvalue weighted by atomic mass is 9.79. The maximum absolute atomic E-state index is 2.62. The molecular weight excluding hydrogens is 412 g/mol. The molecule has 168 valence electrons. The van der Waals surface area contributed by atoms with Crippen molar-refractivity contribution < 1.29 is 0 Å². The Bertz CT molecular complexity index is 1370. The zero-order valence-electron chi connectivity index (χ0n) is 19.9. The third kappa shape index (κ3) is 2.51. The molecule has 0 bridgehead atoms. The van der Waals surface area contributed by atoms with Gasteiger partial charge in [0.15, 0.2) is 0 Å². The van der Waals surface area contributed by atoms with Crippen LogP contribution in [-0.2, 0) is 0 Å². The van der Waals surface area contributed by atoms with Crippen molar-refractivity contribution in [3.63, 3.8) is 0 Å². The monoisotopic (exact) mass is 442 g/mol. The van der Waals surface area contributed by atoms with Crippen LogP contribution in [0.4, 0.5) is 17.1 Å². The van der Waals surface area contributed by atoms with E-state index in [1.807, 2.05) is 0 Å². The highest BCUT2D eigenvalue weighted by atomic mass is 15.3. The molecule has 2 nitrogen and oxygen atoms in total. The molecule has 0 saturated carbocycles. The Morgan fingerprint density at radius 2 is 1.47 bits per heavy atom. The Morgan fingerprint density at radius 3 is 2.29 bits per heavy atom. The lowest BCUT2D eigenvalue weighted by Crippen LogP contribution is -2.45. The summed E-state index contributed by atoms with van der Waals surface area (Å²) in [6.07, 6.45) is 25.3. The second-order valence-electron chi connectivity index (χ2n) is 10.5. The summed E-state index contributed by atoms with van der Waals surface area (Å²) in [5, 5.41) is 0. The predicted octanol–water partition coefficient (Wildman–Crippen LogP) is 7.73. The molecule has 2 heteroatoms. The Morgan fingerprint density at radius 1 is 0.765 bits per heavy atom. The number of hydrogen-bond donors (Lipinski definition) is 0. The minimum atomic E-state index is -0.111. The molecule has 0 spiro atoms.